The second-order valence-corrected chi connectivity index (χ2v) is 7.06. The third-order valence-electron chi connectivity index (χ3n) is 4.64. The van der Waals surface area contributed by atoms with E-state index < -0.39 is 34.9 Å². The van der Waals surface area contributed by atoms with Gasteiger partial charge in [-0.05, 0) is 26.3 Å². The van der Waals surface area contributed by atoms with E-state index in [0.717, 1.165) is 4.90 Å². The van der Waals surface area contributed by atoms with Gasteiger partial charge in [0, 0.05) is 24.2 Å². The zero-order valence-corrected chi connectivity index (χ0v) is 16.1. The molecule has 1 fully saturated rings. The number of carbonyl (C=O) groups is 3. The van der Waals surface area contributed by atoms with Crippen LogP contribution < -0.4 is 10.6 Å². The number of urea groups is 1. The number of rotatable bonds is 6. The third kappa shape index (κ3) is 3.66. The number of imide groups is 1. The second-order valence-electron chi connectivity index (χ2n) is 7.06. The van der Waals surface area contributed by atoms with Gasteiger partial charge in [0.2, 0.25) is 5.91 Å². The molecule has 1 aromatic carbocycles. The van der Waals surface area contributed by atoms with Gasteiger partial charge in [-0.15, -0.1) is 0 Å². The molecule has 152 valence electrons. The Morgan fingerprint density at radius 1 is 1.34 bits per heavy atom. The molecule has 2 heterocycles. The summed E-state index contributed by atoms with van der Waals surface area (Å²) in [5, 5.41) is 20.3. The number of nitrogens with zero attached hydrogens (tertiary/aromatic N) is 4. The maximum Gasteiger partial charge on any atom is 0.325 e. The molecule has 4 amide bonds. The number of nitrogens with one attached hydrogen (secondary N) is 2. The van der Waals surface area contributed by atoms with E-state index in [-0.39, 0.29) is 17.3 Å². The molecule has 1 aliphatic heterocycles. The number of amides is 4. The van der Waals surface area contributed by atoms with E-state index in [1.54, 1.807) is 10.7 Å². The summed E-state index contributed by atoms with van der Waals surface area (Å²) in [5.41, 5.74) is -1.46. The van der Waals surface area contributed by atoms with Crippen molar-refractivity contribution in [2.24, 2.45) is 0 Å². The third-order valence-corrected chi connectivity index (χ3v) is 4.64. The fourth-order valence-corrected chi connectivity index (χ4v) is 3.12. The molecule has 11 heteroatoms. The molecular formula is C18H20N6O5. The molecule has 1 atom stereocenters. The Kier molecular flexibility index (Phi) is 5.06. The predicted octanol–water partition coefficient (Wildman–Crippen LogP) is 1.78. The smallest absolute Gasteiger partial charge is 0.319 e. The quantitative estimate of drug-likeness (QED) is 0.430. The van der Waals surface area contributed by atoms with Crippen molar-refractivity contribution in [1.29, 1.82) is 0 Å². The van der Waals surface area contributed by atoms with Crippen molar-refractivity contribution in [2.45, 2.75) is 32.4 Å². The molecule has 29 heavy (non-hydrogen) atoms. The van der Waals surface area contributed by atoms with Crippen LogP contribution in [0.4, 0.5) is 16.3 Å². The summed E-state index contributed by atoms with van der Waals surface area (Å²) in [4.78, 5) is 48.9. The van der Waals surface area contributed by atoms with E-state index in [4.69, 9.17) is 0 Å². The van der Waals surface area contributed by atoms with Gasteiger partial charge in [0.05, 0.1) is 11.1 Å². The minimum atomic E-state index is -1.51. The van der Waals surface area contributed by atoms with Crippen LogP contribution in [0.5, 0.6) is 0 Å². The SMILES string of the molecule is CC(C)n1nccc1NC(=O)CN1C(=O)NC(C)(c2cccc([N+](=O)[O-])c2)C1=O. The highest BCUT2D eigenvalue weighted by Crippen LogP contribution is 2.30. The van der Waals surface area contributed by atoms with E-state index in [2.05, 4.69) is 15.7 Å². The highest BCUT2D eigenvalue weighted by atomic mass is 16.6. The summed E-state index contributed by atoms with van der Waals surface area (Å²) in [6, 6.07) is 6.32. The molecule has 1 aliphatic rings. The molecule has 1 unspecified atom stereocenters. The summed E-state index contributed by atoms with van der Waals surface area (Å²) >= 11 is 0. The molecule has 0 aliphatic carbocycles. The molecule has 2 N–H and O–H groups in total. The first-order chi connectivity index (χ1) is 13.6. The molecule has 0 saturated carbocycles. The largest absolute Gasteiger partial charge is 0.325 e. The summed E-state index contributed by atoms with van der Waals surface area (Å²) in [5.74, 6) is -0.798. The fourth-order valence-electron chi connectivity index (χ4n) is 3.12. The van der Waals surface area contributed by atoms with Crippen molar-refractivity contribution >= 4 is 29.4 Å². The lowest BCUT2D eigenvalue weighted by Gasteiger charge is -2.22. The van der Waals surface area contributed by atoms with Crippen LogP contribution in [0.1, 0.15) is 32.4 Å². The van der Waals surface area contributed by atoms with E-state index in [1.165, 1.54) is 37.4 Å². The van der Waals surface area contributed by atoms with Crippen LogP contribution in [0.3, 0.4) is 0 Å². The van der Waals surface area contributed by atoms with Crippen molar-refractivity contribution in [2.75, 3.05) is 11.9 Å². The Morgan fingerprint density at radius 2 is 2.07 bits per heavy atom. The Morgan fingerprint density at radius 3 is 2.72 bits per heavy atom. The number of nitro benzene ring substituents is 1. The van der Waals surface area contributed by atoms with E-state index in [9.17, 15) is 24.5 Å². The first-order valence-electron chi connectivity index (χ1n) is 8.86. The molecular weight excluding hydrogens is 380 g/mol. The molecule has 0 spiro atoms. The van der Waals surface area contributed by atoms with Crippen LogP contribution >= 0.6 is 0 Å². The lowest BCUT2D eigenvalue weighted by Crippen LogP contribution is -2.42. The lowest BCUT2D eigenvalue weighted by atomic mass is 9.91. The van der Waals surface area contributed by atoms with E-state index >= 15 is 0 Å². The van der Waals surface area contributed by atoms with Crippen molar-refractivity contribution in [1.82, 2.24) is 20.0 Å². The number of benzene rings is 1. The maximum atomic E-state index is 12.9. The number of hydrogen-bond donors (Lipinski definition) is 2. The van der Waals surface area contributed by atoms with Gasteiger partial charge in [0.15, 0.2) is 0 Å². The Balaban J connectivity index is 1.78. The number of carbonyl (C=O) groups excluding carboxylic acids is 3. The maximum absolute atomic E-state index is 12.9. The highest BCUT2D eigenvalue weighted by molar-refractivity contribution is 6.10. The molecule has 11 nitrogen and oxygen atoms in total. The van der Waals surface area contributed by atoms with Crippen LogP contribution in [0.25, 0.3) is 0 Å². The Bertz CT molecular complexity index is 1000. The van der Waals surface area contributed by atoms with Gasteiger partial charge in [-0.2, -0.15) is 5.10 Å². The molecule has 1 saturated heterocycles. The number of hydrogen-bond acceptors (Lipinski definition) is 6. The number of anilines is 1. The van der Waals surface area contributed by atoms with Crippen molar-refractivity contribution in [3.63, 3.8) is 0 Å². The number of aromatic nitrogens is 2. The molecule has 3 rings (SSSR count). The van der Waals surface area contributed by atoms with Crippen LogP contribution in [0.2, 0.25) is 0 Å². The van der Waals surface area contributed by atoms with Crippen molar-refractivity contribution in [3.8, 4) is 0 Å². The molecule has 1 aromatic heterocycles. The average Bonchev–Trinajstić information content (AvgIpc) is 3.21. The highest BCUT2D eigenvalue weighted by Gasteiger charge is 2.49. The summed E-state index contributed by atoms with van der Waals surface area (Å²) < 4.78 is 1.59. The van der Waals surface area contributed by atoms with Crippen LogP contribution in [0, 0.1) is 10.1 Å². The summed E-state index contributed by atoms with van der Waals surface area (Å²) in [6.07, 6.45) is 1.53. The standard InChI is InChI=1S/C18H20N6O5/c1-11(2)23-14(7-8-19-23)20-15(25)10-22-16(26)18(3,21-17(22)27)12-5-4-6-13(9-12)24(28)29/h4-9,11H,10H2,1-3H3,(H,20,25)(H,21,27). The Hall–Kier alpha value is -3.76. The first-order valence-corrected chi connectivity index (χ1v) is 8.86. The topological polar surface area (TPSA) is 139 Å². The van der Waals surface area contributed by atoms with Gasteiger partial charge in [-0.3, -0.25) is 24.6 Å². The zero-order chi connectivity index (χ0) is 21.3. The van der Waals surface area contributed by atoms with Crippen LogP contribution in [0.15, 0.2) is 36.5 Å². The minimum absolute atomic E-state index is 0.00850. The van der Waals surface area contributed by atoms with Gasteiger partial charge < -0.3 is 10.6 Å². The van der Waals surface area contributed by atoms with Gasteiger partial charge in [-0.1, -0.05) is 12.1 Å². The van der Waals surface area contributed by atoms with Crippen molar-refractivity contribution in [3.05, 3.63) is 52.2 Å². The van der Waals surface area contributed by atoms with Gasteiger partial charge in [0.25, 0.3) is 11.6 Å². The van der Waals surface area contributed by atoms with Crippen molar-refractivity contribution < 1.29 is 19.3 Å². The predicted molar refractivity (Wildman–Crippen MR) is 102 cm³/mol. The molecule has 0 bridgehead atoms. The van der Waals surface area contributed by atoms with Gasteiger partial charge >= 0.3 is 6.03 Å². The van der Waals surface area contributed by atoms with E-state index in [1.807, 2.05) is 13.8 Å². The Labute approximate surface area is 165 Å². The second kappa shape index (κ2) is 7.34. The summed E-state index contributed by atoms with van der Waals surface area (Å²) in [7, 11) is 0. The van der Waals surface area contributed by atoms with Gasteiger partial charge in [-0.25, -0.2) is 9.48 Å². The van der Waals surface area contributed by atoms with Gasteiger partial charge in [0.1, 0.15) is 17.9 Å². The molecule has 2 aromatic rings. The monoisotopic (exact) mass is 400 g/mol. The zero-order valence-electron chi connectivity index (χ0n) is 16.1. The number of non-ortho nitro benzene ring substituents is 1. The first kappa shape index (κ1) is 20.0. The summed E-state index contributed by atoms with van der Waals surface area (Å²) in [6.45, 7) is 4.73. The van der Waals surface area contributed by atoms with E-state index in [0.29, 0.717) is 5.82 Å². The average molecular weight is 400 g/mol. The fraction of sp³-hybridized carbons (Fsp3) is 0.333. The minimum Gasteiger partial charge on any atom is -0.319 e. The normalized spacial score (nSPS) is 18.8. The molecule has 0 radical (unpaired) electrons. The van der Waals surface area contributed by atoms with Crippen LogP contribution in [-0.4, -0.2) is 44.0 Å². The number of nitro groups is 1. The lowest BCUT2D eigenvalue weighted by molar-refractivity contribution is -0.385. The van der Waals surface area contributed by atoms with Crippen LogP contribution in [-0.2, 0) is 15.1 Å².